The van der Waals surface area contributed by atoms with Crippen molar-refractivity contribution in [3.63, 3.8) is 0 Å². The van der Waals surface area contributed by atoms with E-state index in [0.29, 0.717) is 25.2 Å². The van der Waals surface area contributed by atoms with E-state index >= 15 is 0 Å². The van der Waals surface area contributed by atoms with Gasteiger partial charge in [-0.15, -0.1) is 0 Å². The molecule has 0 radical (unpaired) electrons. The second-order valence-electron chi connectivity index (χ2n) is 5.09. The zero-order valence-corrected chi connectivity index (χ0v) is 12.1. The Morgan fingerprint density at radius 1 is 1.33 bits per heavy atom. The van der Waals surface area contributed by atoms with Crippen molar-refractivity contribution in [2.24, 2.45) is 5.92 Å². The molecule has 0 aliphatic carbocycles. The summed E-state index contributed by atoms with van der Waals surface area (Å²) in [4.78, 5) is 24.1. The zero-order valence-electron chi connectivity index (χ0n) is 11.4. The number of carboxylic acid groups (broad SMARTS) is 1. The minimum Gasteiger partial charge on any atom is -0.506 e. The second-order valence-corrected chi connectivity index (χ2v) is 5.50. The maximum Gasteiger partial charge on any atom is 0.407 e. The lowest BCUT2D eigenvalue weighted by atomic mass is 9.97. The number of carbonyl (C=O) groups is 2. The Bertz CT molecular complexity index is 542. The number of nitrogens with zero attached hydrogens (tertiary/aromatic N) is 1. The summed E-state index contributed by atoms with van der Waals surface area (Å²) in [6.45, 7) is 1.51. The number of aromatic hydroxyl groups is 1. The molecule has 0 atom stereocenters. The van der Waals surface area contributed by atoms with Crippen molar-refractivity contribution >= 4 is 23.6 Å². The van der Waals surface area contributed by atoms with Gasteiger partial charge in [-0.3, -0.25) is 4.79 Å². The molecular formula is C14H17ClN2O4. The number of phenolic OH excluding ortho intramolecular Hbond substituents is 1. The van der Waals surface area contributed by atoms with E-state index < -0.39 is 6.09 Å². The van der Waals surface area contributed by atoms with Gasteiger partial charge in [0.2, 0.25) is 0 Å². The van der Waals surface area contributed by atoms with Crippen LogP contribution >= 0.6 is 11.6 Å². The molecule has 1 fully saturated rings. The molecule has 114 valence electrons. The minimum absolute atomic E-state index is 0.0609. The molecule has 1 aliphatic rings. The summed E-state index contributed by atoms with van der Waals surface area (Å²) in [5.41, 5.74) is 0.390. The smallest absolute Gasteiger partial charge is 0.407 e. The van der Waals surface area contributed by atoms with E-state index in [4.69, 9.17) is 16.7 Å². The van der Waals surface area contributed by atoms with Crippen LogP contribution in [0.5, 0.6) is 5.75 Å². The Morgan fingerprint density at radius 2 is 2.00 bits per heavy atom. The highest BCUT2D eigenvalue weighted by atomic mass is 35.5. The van der Waals surface area contributed by atoms with Gasteiger partial charge >= 0.3 is 6.09 Å². The molecular weight excluding hydrogens is 296 g/mol. The predicted octanol–water partition coefficient (Wildman–Crippen LogP) is 2.17. The van der Waals surface area contributed by atoms with Gasteiger partial charge in [0.1, 0.15) is 5.75 Å². The van der Waals surface area contributed by atoms with Gasteiger partial charge in [-0.2, -0.15) is 0 Å². The van der Waals surface area contributed by atoms with Gasteiger partial charge in [-0.1, -0.05) is 11.6 Å². The number of benzene rings is 1. The topological polar surface area (TPSA) is 89.9 Å². The van der Waals surface area contributed by atoms with Crippen molar-refractivity contribution < 1.29 is 19.8 Å². The Labute approximate surface area is 127 Å². The molecule has 0 unspecified atom stereocenters. The van der Waals surface area contributed by atoms with Crippen molar-refractivity contribution in [2.75, 3.05) is 19.6 Å². The molecule has 1 aromatic carbocycles. The lowest BCUT2D eigenvalue weighted by Gasteiger charge is -2.29. The molecule has 21 heavy (non-hydrogen) atoms. The SMILES string of the molecule is O=C(NCC1CCN(C(=O)O)CC1)c1ccc(O)c(Cl)c1. The van der Waals surface area contributed by atoms with Crippen LogP contribution in [0.15, 0.2) is 18.2 Å². The third-order valence-corrected chi connectivity index (χ3v) is 3.95. The fraction of sp³-hybridized carbons (Fsp3) is 0.429. The van der Waals surface area contributed by atoms with Crippen molar-refractivity contribution in [2.45, 2.75) is 12.8 Å². The maximum absolute atomic E-state index is 12.0. The Kier molecular flexibility index (Phi) is 4.90. The number of nitrogens with one attached hydrogen (secondary N) is 1. The number of hydrogen-bond acceptors (Lipinski definition) is 3. The van der Waals surface area contributed by atoms with Crippen LogP contribution < -0.4 is 5.32 Å². The molecule has 0 aromatic heterocycles. The van der Waals surface area contributed by atoms with Gasteiger partial charge in [-0.25, -0.2) is 4.79 Å². The monoisotopic (exact) mass is 312 g/mol. The van der Waals surface area contributed by atoms with E-state index in [9.17, 15) is 14.7 Å². The first-order valence-corrected chi connectivity index (χ1v) is 7.09. The van der Waals surface area contributed by atoms with Gasteiger partial charge in [-0.05, 0) is 37.0 Å². The largest absolute Gasteiger partial charge is 0.506 e. The molecule has 6 nitrogen and oxygen atoms in total. The molecule has 1 aromatic rings. The summed E-state index contributed by atoms with van der Waals surface area (Å²) in [6.07, 6.45) is 0.586. The van der Waals surface area contributed by atoms with E-state index in [-0.39, 0.29) is 22.6 Å². The van der Waals surface area contributed by atoms with E-state index in [2.05, 4.69) is 5.32 Å². The number of amides is 2. The number of halogens is 1. The van der Waals surface area contributed by atoms with Crippen molar-refractivity contribution in [3.05, 3.63) is 28.8 Å². The summed E-state index contributed by atoms with van der Waals surface area (Å²) in [7, 11) is 0. The number of likely N-dealkylation sites (tertiary alicyclic amines) is 1. The highest BCUT2D eigenvalue weighted by molar-refractivity contribution is 6.32. The van der Waals surface area contributed by atoms with Crippen LogP contribution in [-0.2, 0) is 0 Å². The molecule has 1 heterocycles. The van der Waals surface area contributed by atoms with E-state index in [1.54, 1.807) is 0 Å². The van der Waals surface area contributed by atoms with Gasteiger partial charge < -0.3 is 20.4 Å². The van der Waals surface area contributed by atoms with Gasteiger partial charge in [0.25, 0.3) is 5.91 Å². The third-order valence-electron chi connectivity index (χ3n) is 3.65. The zero-order chi connectivity index (χ0) is 15.4. The third kappa shape index (κ3) is 4.01. The van der Waals surface area contributed by atoms with Crippen LogP contribution in [0.3, 0.4) is 0 Å². The lowest BCUT2D eigenvalue weighted by molar-refractivity contribution is 0.0928. The first-order valence-electron chi connectivity index (χ1n) is 6.72. The molecule has 1 saturated heterocycles. The van der Waals surface area contributed by atoms with Crippen LogP contribution in [0.4, 0.5) is 4.79 Å². The predicted molar refractivity (Wildman–Crippen MR) is 77.8 cm³/mol. The molecule has 7 heteroatoms. The first-order chi connectivity index (χ1) is 9.97. The normalized spacial score (nSPS) is 15.8. The maximum atomic E-state index is 12.0. The Balaban J connectivity index is 1.82. The first kappa shape index (κ1) is 15.4. The van der Waals surface area contributed by atoms with Crippen LogP contribution in [0.2, 0.25) is 5.02 Å². The quantitative estimate of drug-likeness (QED) is 0.798. The summed E-state index contributed by atoms with van der Waals surface area (Å²) >= 11 is 5.76. The van der Waals surface area contributed by atoms with Crippen LogP contribution in [0.25, 0.3) is 0 Å². The highest BCUT2D eigenvalue weighted by Crippen LogP contribution is 2.23. The molecule has 0 spiro atoms. The molecule has 2 amide bonds. The summed E-state index contributed by atoms with van der Waals surface area (Å²) in [6, 6.07) is 4.30. The summed E-state index contributed by atoms with van der Waals surface area (Å²) in [5.74, 6) is -0.0380. The average molecular weight is 313 g/mol. The van der Waals surface area contributed by atoms with Crippen molar-refractivity contribution in [3.8, 4) is 5.75 Å². The second kappa shape index (κ2) is 6.67. The van der Waals surface area contributed by atoms with E-state index in [0.717, 1.165) is 12.8 Å². The number of piperidine rings is 1. The molecule has 0 saturated carbocycles. The molecule has 1 aliphatic heterocycles. The molecule has 3 N–H and O–H groups in total. The lowest BCUT2D eigenvalue weighted by Crippen LogP contribution is -2.40. The number of rotatable bonds is 3. The van der Waals surface area contributed by atoms with Gasteiger partial charge in [0.05, 0.1) is 5.02 Å². The number of phenols is 1. The fourth-order valence-electron chi connectivity index (χ4n) is 2.32. The molecule has 0 bridgehead atoms. The van der Waals surface area contributed by atoms with Crippen molar-refractivity contribution in [1.82, 2.24) is 10.2 Å². The van der Waals surface area contributed by atoms with Gasteiger partial charge in [0, 0.05) is 25.2 Å². The Morgan fingerprint density at radius 3 is 2.57 bits per heavy atom. The van der Waals surface area contributed by atoms with E-state index in [1.807, 2.05) is 0 Å². The van der Waals surface area contributed by atoms with Gasteiger partial charge in [0.15, 0.2) is 0 Å². The number of hydrogen-bond donors (Lipinski definition) is 3. The Hall–Kier alpha value is -1.95. The summed E-state index contributed by atoms with van der Waals surface area (Å²) in [5, 5.41) is 21.1. The summed E-state index contributed by atoms with van der Waals surface area (Å²) < 4.78 is 0. The number of carbonyl (C=O) groups excluding carboxylic acids is 1. The fourth-order valence-corrected chi connectivity index (χ4v) is 2.50. The highest BCUT2D eigenvalue weighted by Gasteiger charge is 2.22. The average Bonchev–Trinajstić information content (AvgIpc) is 2.48. The van der Waals surface area contributed by atoms with E-state index in [1.165, 1.54) is 23.1 Å². The van der Waals surface area contributed by atoms with Crippen LogP contribution in [0, 0.1) is 5.92 Å². The molecule has 2 rings (SSSR count). The minimum atomic E-state index is -0.892. The standard InChI is InChI=1S/C14H17ClN2O4/c15-11-7-10(1-2-12(11)18)13(19)16-8-9-3-5-17(6-4-9)14(20)21/h1-2,7,9,18H,3-6,8H2,(H,16,19)(H,20,21). The van der Waals surface area contributed by atoms with Crippen molar-refractivity contribution in [1.29, 1.82) is 0 Å². The van der Waals surface area contributed by atoms with Crippen LogP contribution in [0.1, 0.15) is 23.2 Å². The van der Waals surface area contributed by atoms with Crippen LogP contribution in [-0.4, -0.2) is 46.7 Å².